The van der Waals surface area contributed by atoms with Crippen LogP contribution in [-0.4, -0.2) is 21.3 Å². The number of nitrogens with zero attached hydrogens (tertiary/aromatic N) is 1. The molecule has 1 aliphatic heterocycles. The first kappa shape index (κ1) is 21.9. The van der Waals surface area contributed by atoms with Crippen molar-refractivity contribution in [2.24, 2.45) is 0 Å². The molecule has 0 unspecified atom stereocenters. The number of ether oxygens (including phenoxy) is 2. The van der Waals surface area contributed by atoms with Gasteiger partial charge in [-0.05, 0) is 55.2 Å². The van der Waals surface area contributed by atoms with Crippen LogP contribution in [0.3, 0.4) is 0 Å². The van der Waals surface area contributed by atoms with Gasteiger partial charge in [-0.2, -0.15) is 5.26 Å². The lowest BCUT2D eigenvalue weighted by Gasteiger charge is -2.22. The predicted molar refractivity (Wildman–Crippen MR) is 121 cm³/mol. The molecule has 0 bridgehead atoms. The molecule has 0 saturated carbocycles. The summed E-state index contributed by atoms with van der Waals surface area (Å²) in [6, 6.07) is 23.6. The monoisotopic (exact) mass is 448 g/mol. The number of nitriles is 1. The highest BCUT2D eigenvalue weighted by Gasteiger charge is 2.26. The molecule has 0 saturated heterocycles. The number of sulfonamides is 1. The number of rotatable bonds is 8. The minimum atomic E-state index is -3.75. The average molecular weight is 449 g/mol. The van der Waals surface area contributed by atoms with Gasteiger partial charge in [0.05, 0.1) is 16.9 Å². The van der Waals surface area contributed by atoms with Gasteiger partial charge in [0, 0.05) is 6.04 Å². The van der Waals surface area contributed by atoms with E-state index in [1.54, 1.807) is 36.4 Å². The van der Waals surface area contributed by atoms with Gasteiger partial charge < -0.3 is 9.47 Å². The first-order valence-corrected chi connectivity index (χ1v) is 11.8. The Morgan fingerprint density at radius 2 is 1.72 bits per heavy atom. The number of benzene rings is 3. The number of nitrogens with one attached hydrogen (secondary N) is 1. The Hall–Kier alpha value is -3.34. The molecule has 2 atom stereocenters. The lowest BCUT2D eigenvalue weighted by Crippen LogP contribution is -2.37. The lowest BCUT2D eigenvalue weighted by molar-refractivity contribution is 0.174. The van der Waals surface area contributed by atoms with Gasteiger partial charge in [-0.25, -0.2) is 13.1 Å². The Kier molecular flexibility index (Phi) is 6.45. The highest BCUT2D eigenvalue weighted by Crippen LogP contribution is 2.35. The van der Waals surface area contributed by atoms with E-state index in [1.165, 1.54) is 0 Å². The fourth-order valence-electron chi connectivity index (χ4n) is 3.75. The third kappa shape index (κ3) is 5.10. The molecule has 0 aromatic heterocycles. The summed E-state index contributed by atoms with van der Waals surface area (Å²) in [6.07, 6.45) is 0.783. The molecule has 0 amide bonds. The van der Waals surface area contributed by atoms with Crippen LogP contribution in [0.1, 0.15) is 29.0 Å². The number of hydrogen-bond donors (Lipinski definition) is 1. The summed E-state index contributed by atoms with van der Waals surface area (Å²) in [4.78, 5) is 0.206. The fraction of sp³-hybridized carbons (Fsp3) is 0.240. The number of aryl methyl sites for hydroxylation is 1. The molecule has 1 heterocycles. The van der Waals surface area contributed by atoms with Crippen molar-refractivity contribution in [3.05, 3.63) is 89.5 Å². The van der Waals surface area contributed by atoms with Gasteiger partial charge in [-0.3, -0.25) is 0 Å². The lowest BCUT2D eigenvalue weighted by atomic mass is 9.91. The van der Waals surface area contributed by atoms with Gasteiger partial charge in [-0.1, -0.05) is 54.1 Å². The average Bonchev–Trinajstić information content (AvgIpc) is 3.26. The van der Waals surface area contributed by atoms with Gasteiger partial charge in [0.1, 0.15) is 0 Å². The predicted octanol–water partition coefficient (Wildman–Crippen LogP) is 4.31. The van der Waals surface area contributed by atoms with Gasteiger partial charge in [0.2, 0.25) is 16.8 Å². The molecule has 0 radical (unpaired) electrons. The van der Waals surface area contributed by atoms with Crippen molar-refractivity contribution < 1.29 is 17.9 Å². The Labute approximate surface area is 188 Å². The minimum absolute atomic E-state index is 0.156. The SMILES string of the molecule is Cc1ccc(S(=O)(=O)N[C@@H](Cc2ccccc2)C[C@@H](C#N)c2ccc3c(c2)OCO3)cc1. The quantitative estimate of drug-likeness (QED) is 0.555. The summed E-state index contributed by atoms with van der Waals surface area (Å²) in [5.41, 5.74) is 2.74. The second kappa shape index (κ2) is 9.43. The van der Waals surface area contributed by atoms with Crippen LogP contribution in [0, 0.1) is 18.3 Å². The second-order valence-corrected chi connectivity index (χ2v) is 9.57. The Bertz CT molecular complexity index is 1220. The van der Waals surface area contributed by atoms with E-state index in [4.69, 9.17) is 9.47 Å². The summed E-state index contributed by atoms with van der Waals surface area (Å²) in [6.45, 7) is 2.06. The molecule has 0 aliphatic carbocycles. The molecule has 1 N–H and O–H groups in total. The standard InChI is InChI=1S/C25H24N2O4S/c1-18-7-10-23(11-8-18)32(28,29)27-22(13-19-5-3-2-4-6-19)14-21(16-26)20-9-12-24-25(15-20)31-17-30-24/h2-12,15,21-22,27H,13-14,17H2,1H3/t21-,22-/m0/s1. The summed E-state index contributed by atoms with van der Waals surface area (Å²) in [5.74, 6) is 0.730. The molecule has 0 fully saturated rings. The smallest absolute Gasteiger partial charge is 0.240 e. The number of fused-ring (bicyclic) bond motifs is 1. The van der Waals surface area contributed by atoms with E-state index in [0.717, 1.165) is 16.7 Å². The highest BCUT2D eigenvalue weighted by molar-refractivity contribution is 7.89. The molecule has 0 spiro atoms. The Balaban J connectivity index is 1.60. The molecule has 32 heavy (non-hydrogen) atoms. The summed E-state index contributed by atoms with van der Waals surface area (Å²) in [5, 5.41) is 9.89. The van der Waals surface area contributed by atoms with Crippen LogP contribution in [0.15, 0.2) is 77.7 Å². The van der Waals surface area contributed by atoms with Crippen LogP contribution in [-0.2, 0) is 16.4 Å². The van der Waals surface area contributed by atoms with E-state index >= 15 is 0 Å². The van der Waals surface area contributed by atoms with Crippen LogP contribution >= 0.6 is 0 Å². The Morgan fingerprint density at radius 1 is 1.00 bits per heavy atom. The van der Waals surface area contributed by atoms with Crippen LogP contribution in [0.2, 0.25) is 0 Å². The maximum absolute atomic E-state index is 13.1. The highest BCUT2D eigenvalue weighted by atomic mass is 32.2. The van der Waals surface area contributed by atoms with E-state index in [9.17, 15) is 13.7 Å². The molecular weight excluding hydrogens is 424 g/mol. The maximum Gasteiger partial charge on any atom is 0.240 e. The molecular formula is C25H24N2O4S. The second-order valence-electron chi connectivity index (χ2n) is 7.85. The van der Waals surface area contributed by atoms with Crippen molar-refractivity contribution in [3.8, 4) is 17.6 Å². The van der Waals surface area contributed by atoms with Crippen molar-refractivity contribution >= 4 is 10.0 Å². The van der Waals surface area contributed by atoms with Crippen LogP contribution < -0.4 is 14.2 Å². The van der Waals surface area contributed by atoms with E-state index < -0.39 is 22.0 Å². The van der Waals surface area contributed by atoms with E-state index in [0.29, 0.717) is 24.3 Å². The topological polar surface area (TPSA) is 88.4 Å². The Morgan fingerprint density at radius 3 is 2.44 bits per heavy atom. The van der Waals surface area contributed by atoms with Crippen molar-refractivity contribution in [1.29, 1.82) is 5.26 Å². The minimum Gasteiger partial charge on any atom is -0.454 e. The zero-order valence-electron chi connectivity index (χ0n) is 17.7. The summed E-state index contributed by atoms with van der Waals surface area (Å²) in [7, 11) is -3.75. The van der Waals surface area contributed by atoms with Gasteiger partial charge in [0.15, 0.2) is 11.5 Å². The van der Waals surface area contributed by atoms with Crippen LogP contribution in [0.25, 0.3) is 0 Å². The third-order valence-corrected chi connectivity index (χ3v) is 6.99. The molecule has 3 aromatic carbocycles. The zero-order valence-corrected chi connectivity index (χ0v) is 18.5. The molecule has 7 heteroatoms. The van der Waals surface area contributed by atoms with Gasteiger partial charge in [0.25, 0.3) is 0 Å². The van der Waals surface area contributed by atoms with E-state index in [1.807, 2.05) is 43.3 Å². The summed E-state index contributed by atoms with van der Waals surface area (Å²) < 4.78 is 39.8. The van der Waals surface area contributed by atoms with E-state index in [-0.39, 0.29) is 11.7 Å². The first-order chi connectivity index (χ1) is 15.4. The maximum atomic E-state index is 13.1. The molecule has 164 valence electrons. The van der Waals surface area contributed by atoms with Gasteiger partial charge in [-0.15, -0.1) is 0 Å². The largest absolute Gasteiger partial charge is 0.454 e. The molecule has 1 aliphatic rings. The zero-order chi connectivity index (χ0) is 22.6. The third-order valence-electron chi connectivity index (χ3n) is 5.45. The van der Waals surface area contributed by atoms with Crippen LogP contribution in [0.4, 0.5) is 0 Å². The molecule has 3 aromatic rings. The molecule has 4 rings (SSSR count). The molecule has 6 nitrogen and oxygen atoms in total. The van der Waals surface area contributed by atoms with E-state index in [2.05, 4.69) is 10.8 Å². The van der Waals surface area contributed by atoms with Crippen LogP contribution in [0.5, 0.6) is 11.5 Å². The van der Waals surface area contributed by atoms with Crippen molar-refractivity contribution in [3.63, 3.8) is 0 Å². The summed E-state index contributed by atoms with van der Waals surface area (Å²) >= 11 is 0. The first-order valence-electron chi connectivity index (χ1n) is 10.4. The van der Waals surface area contributed by atoms with Crippen molar-refractivity contribution in [1.82, 2.24) is 4.72 Å². The fourth-order valence-corrected chi connectivity index (χ4v) is 5.00. The van der Waals surface area contributed by atoms with Gasteiger partial charge >= 0.3 is 0 Å². The normalized spacial score (nSPS) is 14.5. The number of hydrogen-bond acceptors (Lipinski definition) is 5. The van der Waals surface area contributed by atoms with Crippen molar-refractivity contribution in [2.45, 2.75) is 36.6 Å². The van der Waals surface area contributed by atoms with Crippen molar-refractivity contribution in [2.75, 3.05) is 6.79 Å².